The van der Waals surface area contributed by atoms with E-state index >= 15 is 0 Å². The van der Waals surface area contributed by atoms with Crippen molar-refractivity contribution in [3.05, 3.63) is 39.8 Å². The van der Waals surface area contributed by atoms with E-state index in [9.17, 15) is 29.4 Å². The van der Waals surface area contributed by atoms with Gasteiger partial charge in [-0.25, -0.2) is 0 Å². The first-order valence-electron chi connectivity index (χ1n) is 10.8. The van der Waals surface area contributed by atoms with Gasteiger partial charge in [0.1, 0.15) is 34.0 Å². The van der Waals surface area contributed by atoms with E-state index in [4.69, 9.17) is 4.74 Å². The van der Waals surface area contributed by atoms with Gasteiger partial charge < -0.3 is 25.2 Å². The van der Waals surface area contributed by atoms with E-state index in [0.717, 1.165) is 18.9 Å². The summed E-state index contributed by atoms with van der Waals surface area (Å²) in [6.45, 7) is 7.04. The predicted molar refractivity (Wildman–Crippen MR) is 117 cm³/mol. The average molecular weight is 454 g/mol. The minimum atomic E-state index is -1.58. The fraction of sp³-hybridized carbons (Fsp3) is 0.417. The molecule has 4 rings (SSSR count). The normalized spacial score (nSPS) is 23.0. The Labute approximate surface area is 190 Å². The number of carbonyl (C=O) groups excluding carboxylic acids is 4. The molecule has 2 heterocycles. The number of aromatic hydroxyl groups is 2. The summed E-state index contributed by atoms with van der Waals surface area (Å²) in [5.41, 5.74) is -1.58. The molecule has 9 heteroatoms. The second-order valence-corrected chi connectivity index (χ2v) is 8.83. The van der Waals surface area contributed by atoms with E-state index in [1.165, 1.54) is 20.8 Å². The number of fused-ring (bicyclic) bond motifs is 3. The highest BCUT2D eigenvalue weighted by Gasteiger charge is 2.56. The maximum absolute atomic E-state index is 13.7. The first-order chi connectivity index (χ1) is 15.5. The molecule has 1 aliphatic carbocycles. The zero-order valence-electron chi connectivity index (χ0n) is 19.0. The molecular formula is C24H26N2O7. The molecule has 0 bridgehead atoms. The number of nitrogens with one attached hydrogen (secondary N) is 1. The van der Waals surface area contributed by atoms with Crippen LogP contribution in [0.25, 0.3) is 0 Å². The number of amides is 1. The molecule has 0 unspecified atom stereocenters. The third-order valence-corrected chi connectivity index (χ3v) is 6.72. The number of phenols is 2. The van der Waals surface area contributed by atoms with Crippen molar-refractivity contribution in [3.8, 4) is 17.2 Å². The van der Waals surface area contributed by atoms with Crippen molar-refractivity contribution in [2.45, 2.75) is 46.0 Å². The minimum absolute atomic E-state index is 0.0278. The molecule has 1 atom stereocenters. The highest BCUT2D eigenvalue weighted by atomic mass is 16.5. The van der Waals surface area contributed by atoms with Gasteiger partial charge >= 0.3 is 0 Å². The Hall–Kier alpha value is -3.62. The van der Waals surface area contributed by atoms with Gasteiger partial charge in [0.15, 0.2) is 17.3 Å². The summed E-state index contributed by atoms with van der Waals surface area (Å²) in [5.74, 6) is -2.84. The van der Waals surface area contributed by atoms with Gasteiger partial charge in [-0.3, -0.25) is 19.2 Å². The van der Waals surface area contributed by atoms with Crippen molar-refractivity contribution in [2.75, 3.05) is 19.6 Å². The molecule has 33 heavy (non-hydrogen) atoms. The smallest absolute Gasteiger partial charge is 0.241 e. The second-order valence-electron chi connectivity index (χ2n) is 8.83. The molecule has 0 radical (unpaired) electrons. The van der Waals surface area contributed by atoms with Gasteiger partial charge in [-0.15, -0.1) is 0 Å². The number of hydrogen-bond donors (Lipinski definition) is 3. The molecule has 1 aromatic rings. The van der Waals surface area contributed by atoms with Crippen LogP contribution in [0.3, 0.4) is 0 Å². The lowest BCUT2D eigenvalue weighted by Gasteiger charge is -2.29. The van der Waals surface area contributed by atoms with Crippen LogP contribution in [0.2, 0.25) is 0 Å². The quantitative estimate of drug-likeness (QED) is 0.356. The molecule has 3 aliphatic rings. The zero-order valence-corrected chi connectivity index (χ0v) is 19.0. The van der Waals surface area contributed by atoms with Gasteiger partial charge in [-0.05, 0) is 40.5 Å². The van der Waals surface area contributed by atoms with Gasteiger partial charge in [0.2, 0.25) is 5.91 Å². The topological polar surface area (TPSA) is 133 Å². The van der Waals surface area contributed by atoms with Crippen LogP contribution in [0.15, 0.2) is 23.1 Å². The van der Waals surface area contributed by atoms with Crippen molar-refractivity contribution < 1.29 is 34.1 Å². The SMILES string of the molecule is CC(=O)c1c(O)c(C)c(O)c2c1OC1=CC(=O)/C(=C(/C)NCC(=O)N3CCCC3)C(=O)[C@]12C. The number of likely N-dealkylation sites (tertiary alicyclic amines) is 1. The highest BCUT2D eigenvalue weighted by molar-refractivity contribution is 6.31. The summed E-state index contributed by atoms with van der Waals surface area (Å²) in [5, 5.41) is 24.1. The monoisotopic (exact) mass is 454 g/mol. The van der Waals surface area contributed by atoms with Crippen LogP contribution in [-0.2, 0) is 19.8 Å². The Kier molecular flexibility index (Phi) is 5.30. The van der Waals surface area contributed by atoms with Crippen LogP contribution in [0.1, 0.15) is 55.1 Å². The predicted octanol–water partition coefficient (Wildman–Crippen LogP) is 1.78. The maximum Gasteiger partial charge on any atom is 0.241 e. The average Bonchev–Trinajstić information content (AvgIpc) is 3.38. The Morgan fingerprint density at radius 2 is 1.79 bits per heavy atom. The number of nitrogens with zero attached hydrogens (tertiary/aromatic N) is 1. The maximum atomic E-state index is 13.7. The van der Waals surface area contributed by atoms with Gasteiger partial charge in [0, 0.05) is 30.4 Å². The highest BCUT2D eigenvalue weighted by Crippen LogP contribution is 2.57. The number of rotatable bonds is 4. The molecule has 0 saturated carbocycles. The lowest BCUT2D eigenvalue weighted by atomic mass is 9.70. The van der Waals surface area contributed by atoms with Crippen molar-refractivity contribution >= 4 is 23.3 Å². The number of ketones is 3. The molecule has 3 N–H and O–H groups in total. The van der Waals surface area contributed by atoms with Crippen LogP contribution < -0.4 is 10.1 Å². The van der Waals surface area contributed by atoms with E-state index in [1.807, 2.05) is 0 Å². The third-order valence-electron chi connectivity index (χ3n) is 6.72. The molecule has 9 nitrogen and oxygen atoms in total. The van der Waals surface area contributed by atoms with Crippen molar-refractivity contribution in [3.63, 3.8) is 0 Å². The van der Waals surface area contributed by atoms with Gasteiger partial charge in [0.25, 0.3) is 0 Å². The number of benzene rings is 1. The van der Waals surface area contributed by atoms with Crippen LogP contribution in [-0.4, -0.2) is 58.0 Å². The lowest BCUT2D eigenvalue weighted by Crippen LogP contribution is -2.42. The number of carbonyl (C=O) groups is 4. The van der Waals surface area contributed by atoms with Crippen molar-refractivity contribution in [1.82, 2.24) is 10.2 Å². The molecule has 174 valence electrons. The van der Waals surface area contributed by atoms with Crippen LogP contribution in [0, 0.1) is 6.92 Å². The summed E-state index contributed by atoms with van der Waals surface area (Å²) in [7, 11) is 0. The molecule has 1 aromatic carbocycles. The molecular weight excluding hydrogens is 428 g/mol. The fourth-order valence-electron chi connectivity index (χ4n) is 4.74. The van der Waals surface area contributed by atoms with E-state index in [1.54, 1.807) is 11.8 Å². The summed E-state index contributed by atoms with van der Waals surface area (Å²) >= 11 is 0. The fourth-order valence-corrected chi connectivity index (χ4v) is 4.74. The van der Waals surface area contributed by atoms with E-state index in [-0.39, 0.29) is 57.7 Å². The Balaban J connectivity index is 1.77. The molecule has 1 fully saturated rings. The molecule has 2 aliphatic heterocycles. The number of allylic oxidation sites excluding steroid dienone is 4. The van der Waals surface area contributed by atoms with E-state index in [2.05, 4.69) is 5.32 Å². The number of Topliss-reactive ketones (excluding diaryl/α,β-unsaturated/α-hetero) is 2. The molecule has 0 spiro atoms. The minimum Gasteiger partial charge on any atom is -0.507 e. The Bertz CT molecular complexity index is 1190. The van der Waals surface area contributed by atoms with Crippen LogP contribution >= 0.6 is 0 Å². The summed E-state index contributed by atoms with van der Waals surface area (Å²) in [6.07, 6.45) is 3.06. The molecule has 1 saturated heterocycles. The van der Waals surface area contributed by atoms with Crippen LogP contribution in [0.4, 0.5) is 0 Å². The van der Waals surface area contributed by atoms with Gasteiger partial charge in [-0.2, -0.15) is 0 Å². The first kappa shape index (κ1) is 22.6. The first-order valence-corrected chi connectivity index (χ1v) is 10.8. The van der Waals surface area contributed by atoms with Crippen LogP contribution in [0.5, 0.6) is 17.2 Å². The largest absolute Gasteiger partial charge is 0.507 e. The molecule has 0 aromatic heterocycles. The summed E-state index contributed by atoms with van der Waals surface area (Å²) < 4.78 is 5.73. The second kappa shape index (κ2) is 7.75. The van der Waals surface area contributed by atoms with Crippen molar-refractivity contribution in [1.29, 1.82) is 0 Å². The number of phenolic OH excluding ortho intramolecular Hbond substituents is 2. The van der Waals surface area contributed by atoms with E-state index in [0.29, 0.717) is 13.1 Å². The lowest BCUT2D eigenvalue weighted by molar-refractivity contribution is -0.129. The van der Waals surface area contributed by atoms with Crippen molar-refractivity contribution in [2.24, 2.45) is 0 Å². The van der Waals surface area contributed by atoms with Gasteiger partial charge in [-0.1, -0.05) is 0 Å². The Morgan fingerprint density at radius 1 is 1.15 bits per heavy atom. The molecule has 1 amide bonds. The number of hydrogen-bond acceptors (Lipinski definition) is 8. The Morgan fingerprint density at radius 3 is 2.39 bits per heavy atom. The summed E-state index contributed by atoms with van der Waals surface area (Å²) in [4.78, 5) is 52.9. The summed E-state index contributed by atoms with van der Waals surface area (Å²) in [6, 6.07) is 0. The van der Waals surface area contributed by atoms with Gasteiger partial charge in [0.05, 0.1) is 17.7 Å². The zero-order chi connectivity index (χ0) is 24.2. The number of ether oxygens (including phenoxy) is 1. The third kappa shape index (κ3) is 3.21. The van der Waals surface area contributed by atoms with E-state index < -0.39 is 28.5 Å². The standard InChI is InChI=1S/C24H26N2O7/c1-11-20(30)18(13(3)27)22-19(21(11)31)24(4)15(33-22)9-14(28)17(23(24)32)12(2)25-10-16(29)26-7-5-6-8-26/h9,25,30-31H,5-8,10H2,1-4H3/b17-12+/t24-/m1/s1.